The number of ether oxygens (including phenoxy) is 1. The second-order valence-corrected chi connectivity index (χ2v) is 16.5. The van der Waals surface area contributed by atoms with Gasteiger partial charge in [-0.1, -0.05) is 112 Å². The highest BCUT2D eigenvalue weighted by Gasteiger charge is 2.27. The Kier molecular flexibility index (Phi) is 19.0. The van der Waals surface area contributed by atoms with Crippen molar-refractivity contribution in [2.24, 2.45) is 29.4 Å². The molecule has 55 heavy (non-hydrogen) atoms. The van der Waals surface area contributed by atoms with Crippen LogP contribution in [0.5, 0.6) is 0 Å². The van der Waals surface area contributed by atoms with Gasteiger partial charge in [0.25, 0.3) is 0 Å². The Balaban J connectivity index is 0.000000460. The number of nitrogens with two attached hydrogens (primary N) is 1. The maximum Gasteiger partial charge on any atom is 0.248 e. The number of primary amides is 1. The molecule has 2 heterocycles. The predicted octanol–water partition coefficient (Wildman–Crippen LogP) is 10.1. The van der Waals surface area contributed by atoms with E-state index in [-0.39, 0.29) is 30.6 Å². The van der Waals surface area contributed by atoms with E-state index in [0.29, 0.717) is 48.9 Å². The molecule has 8 heteroatoms. The van der Waals surface area contributed by atoms with E-state index in [1.165, 1.54) is 16.7 Å². The third-order valence-electron chi connectivity index (χ3n) is 9.05. The zero-order chi connectivity index (χ0) is 41.5. The van der Waals surface area contributed by atoms with Gasteiger partial charge in [0.2, 0.25) is 17.7 Å². The van der Waals surface area contributed by atoms with Gasteiger partial charge >= 0.3 is 0 Å². The maximum absolute atomic E-state index is 13.6. The van der Waals surface area contributed by atoms with E-state index in [1.807, 2.05) is 69.0 Å². The van der Waals surface area contributed by atoms with E-state index in [1.54, 1.807) is 0 Å². The molecular weight excluding hydrogens is 685 g/mol. The van der Waals surface area contributed by atoms with Crippen LogP contribution < -0.4 is 16.0 Å². The zero-order valence-electron chi connectivity index (χ0n) is 36.1. The highest BCUT2D eigenvalue weighted by molar-refractivity contribution is 6.02. The molecule has 0 spiro atoms. The van der Waals surface area contributed by atoms with E-state index in [2.05, 4.69) is 96.9 Å². The molecular formula is C47H70N4O4. The van der Waals surface area contributed by atoms with Gasteiger partial charge < -0.3 is 20.7 Å². The number of hydrogen-bond donors (Lipinski definition) is 2. The Bertz CT molecular complexity index is 1710. The van der Waals surface area contributed by atoms with Gasteiger partial charge in [-0.15, -0.1) is 0 Å². The molecule has 1 aromatic heterocycles. The van der Waals surface area contributed by atoms with Crippen molar-refractivity contribution in [3.63, 3.8) is 0 Å². The summed E-state index contributed by atoms with van der Waals surface area (Å²) in [5.41, 5.74) is 14.2. The number of allylic oxidation sites excluding steroid dienone is 2. The van der Waals surface area contributed by atoms with Gasteiger partial charge in [-0.25, -0.2) is 0 Å². The van der Waals surface area contributed by atoms with Crippen LogP contribution in [0.1, 0.15) is 141 Å². The summed E-state index contributed by atoms with van der Waals surface area (Å²) in [5.74, 6) is 1.21. The zero-order valence-corrected chi connectivity index (χ0v) is 36.1. The number of carbonyl (C=O) groups is 3. The summed E-state index contributed by atoms with van der Waals surface area (Å²) in [7, 11) is 0. The van der Waals surface area contributed by atoms with Crippen molar-refractivity contribution in [3.05, 3.63) is 94.3 Å². The third kappa shape index (κ3) is 15.0. The van der Waals surface area contributed by atoms with Gasteiger partial charge in [-0.2, -0.15) is 0 Å². The number of amides is 3. The van der Waals surface area contributed by atoms with E-state index < -0.39 is 5.60 Å². The van der Waals surface area contributed by atoms with Crippen molar-refractivity contribution in [1.29, 1.82) is 0 Å². The van der Waals surface area contributed by atoms with Crippen LogP contribution in [0.25, 0.3) is 11.1 Å². The Morgan fingerprint density at radius 1 is 0.818 bits per heavy atom. The molecule has 0 radical (unpaired) electrons. The molecule has 0 bridgehead atoms. The van der Waals surface area contributed by atoms with Gasteiger partial charge in [0.1, 0.15) is 0 Å². The summed E-state index contributed by atoms with van der Waals surface area (Å²) in [5, 5.41) is 2.95. The minimum absolute atomic E-state index is 0.0506. The molecule has 1 aliphatic rings. The van der Waals surface area contributed by atoms with E-state index in [9.17, 15) is 14.4 Å². The highest BCUT2D eigenvalue weighted by atomic mass is 16.5. The molecule has 8 nitrogen and oxygen atoms in total. The largest absolute Gasteiger partial charge is 0.373 e. The monoisotopic (exact) mass is 755 g/mol. The molecule has 0 saturated heterocycles. The average Bonchev–Trinajstić information content (AvgIpc) is 3.11. The number of hydrogen-bond acceptors (Lipinski definition) is 5. The van der Waals surface area contributed by atoms with Gasteiger partial charge in [-0.05, 0) is 97.8 Å². The van der Waals surface area contributed by atoms with Crippen LogP contribution in [-0.4, -0.2) is 41.5 Å². The third-order valence-corrected chi connectivity index (χ3v) is 9.05. The number of aromatic nitrogens is 1. The minimum atomic E-state index is -0.451. The summed E-state index contributed by atoms with van der Waals surface area (Å²) in [6.07, 6.45) is 2.05. The predicted molar refractivity (Wildman–Crippen MR) is 230 cm³/mol. The van der Waals surface area contributed by atoms with Gasteiger partial charge in [-0.3, -0.25) is 19.4 Å². The van der Waals surface area contributed by atoms with Crippen molar-refractivity contribution in [2.45, 2.75) is 128 Å². The molecule has 0 fully saturated rings. The van der Waals surface area contributed by atoms with Crippen LogP contribution in [0.2, 0.25) is 0 Å². The number of rotatable bonds is 14. The topological polar surface area (TPSA) is 115 Å². The Hall–Kier alpha value is -4.30. The number of anilines is 1. The van der Waals surface area contributed by atoms with Crippen LogP contribution in [0, 0.1) is 23.7 Å². The lowest BCUT2D eigenvalue weighted by Gasteiger charge is -2.32. The maximum atomic E-state index is 13.6. The van der Waals surface area contributed by atoms with E-state index in [4.69, 9.17) is 10.5 Å². The molecule has 0 atom stereocenters. The van der Waals surface area contributed by atoms with E-state index in [0.717, 1.165) is 41.0 Å². The van der Waals surface area contributed by atoms with Gasteiger partial charge in [0.15, 0.2) is 0 Å². The van der Waals surface area contributed by atoms with Crippen molar-refractivity contribution >= 4 is 34.6 Å². The standard InChI is InChI=1S/C31H42N2O3.C14H22N2O.C2H6/c1-21(2)19-36-31(6,7)20-32-28(34)16-17-29(35)33-18-24-12-8-9-13-25(24)23(5)30(22(3)4)26-14-10-11-15-27(26)33;1-9(2)5-12-7-11(14(15)17)8-13(16-12)6-10(3)4;1-2/h8-15,21-22H,16-20H2,1-7H3,(H,32,34);7-10H,5-6H2,1-4H3,(H2,15,17);1-2H3/b30-23-;;. The fraction of sp³-hybridized carbons (Fsp3) is 0.532. The smallest absolute Gasteiger partial charge is 0.248 e. The molecule has 4 rings (SSSR count). The number of nitrogens with zero attached hydrogens (tertiary/aromatic N) is 2. The molecule has 0 saturated carbocycles. The molecule has 2 aromatic carbocycles. The first-order chi connectivity index (χ1) is 25.9. The van der Waals surface area contributed by atoms with Gasteiger partial charge in [0.05, 0.1) is 17.8 Å². The quantitative estimate of drug-likeness (QED) is 0.170. The summed E-state index contributed by atoms with van der Waals surface area (Å²) in [4.78, 5) is 43.9. The van der Waals surface area contributed by atoms with Gasteiger partial charge in [0, 0.05) is 48.5 Å². The van der Waals surface area contributed by atoms with Crippen LogP contribution >= 0.6 is 0 Å². The van der Waals surface area contributed by atoms with Crippen molar-refractivity contribution in [3.8, 4) is 0 Å². The van der Waals surface area contributed by atoms with Crippen molar-refractivity contribution in [2.75, 3.05) is 18.1 Å². The fourth-order valence-electron chi connectivity index (χ4n) is 6.57. The normalized spacial score (nSPS) is 13.9. The van der Waals surface area contributed by atoms with Crippen LogP contribution in [0.15, 0.2) is 60.7 Å². The first kappa shape index (κ1) is 46.9. The summed E-state index contributed by atoms with van der Waals surface area (Å²) < 4.78 is 5.90. The first-order valence-corrected chi connectivity index (χ1v) is 20.3. The average molecular weight is 755 g/mol. The molecule has 3 amide bonds. The molecule has 1 aliphatic heterocycles. The summed E-state index contributed by atoms with van der Waals surface area (Å²) >= 11 is 0. The minimum Gasteiger partial charge on any atom is -0.373 e. The highest BCUT2D eigenvalue weighted by Crippen LogP contribution is 2.41. The summed E-state index contributed by atoms with van der Waals surface area (Å²) in [6.45, 7) is 28.8. The lowest BCUT2D eigenvalue weighted by molar-refractivity contribution is -0.126. The number of pyridine rings is 1. The summed E-state index contributed by atoms with van der Waals surface area (Å²) in [6, 6.07) is 20.1. The van der Waals surface area contributed by atoms with Crippen LogP contribution in [0.3, 0.4) is 0 Å². The number of benzene rings is 2. The Morgan fingerprint density at radius 3 is 1.89 bits per heavy atom. The lowest BCUT2D eigenvalue weighted by atomic mass is 9.84. The van der Waals surface area contributed by atoms with E-state index >= 15 is 0 Å². The Labute approximate surface area is 332 Å². The van der Waals surface area contributed by atoms with Crippen molar-refractivity contribution < 1.29 is 19.1 Å². The van der Waals surface area contributed by atoms with Crippen molar-refractivity contribution in [1.82, 2.24) is 10.3 Å². The number of para-hydroxylation sites is 1. The molecule has 0 unspecified atom stereocenters. The molecule has 302 valence electrons. The number of carbonyl (C=O) groups excluding carboxylic acids is 3. The Morgan fingerprint density at radius 2 is 1.36 bits per heavy atom. The number of fused-ring (bicyclic) bond motifs is 2. The second kappa shape index (κ2) is 22.3. The SMILES string of the molecule is C/C1=C(\C(C)C)c2ccccc2N(C(=O)CCC(=O)NCC(C)(C)OCC(C)C)Cc2ccccc21.CC.CC(C)Cc1cc(C(N)=O)cc(CC(C)C)n1. The molecule has 3 aromatic rings. The fourth-order valence-corrected chi connectivity index (χ4v) is 6.57. The molecule has 0 aliphatic carbocycles. The van der Waals surface area contributed by atoms with Crippen LogP contribution in [-0.2, 0) is 33.7 Å². The second-order valence-electron chi connectivity index (χ2n) is 16.5. The number of nitrogens with one attached hydrogen (secondary N) is 1. The van der Waals surface area contributed by atoms with Crippen LogP contribution in [0.4, 0.5) is 5.69 Å². The lowest BCUT2D eigenvalue weighted by Crippen LogP contribution is -2.41. The first-order valence-electron chi connectivity index (χ1n) is 20.3. The molecule has 3 N–H and O–H groups in total.